The van der Waals surface area contributed by atoms with E-state index < -0.39 is 12.0 Å². The molecule has 40 valence electrons. The quantitative estimate of drug-likeness (QED) is 0.492. The highest BCUT2D eigenvalue weighted by Crippen LogP contribution is 1.81. The Morgan fingerprint density at radius 2 is 2.43 bits per heavy atom. The zero-order chi connectivity index (χ0) is 5.86. The number of nitrogens with two attached hydrogens (primary N) is 1. The van der Waals surface area contributed by atoms with Crippen molar-refractivity contribution < 1.29 is 9.90 Å². The molecule has 0 saturated heterocycles. The van der Waals surface area contributed by atoms with Crippen LogP contribution < -0.4 is 5.73 Å². The summed E-state index contributed by atoms with van der Waals surface area (Å²) in [6, 6.07) is -0.903. The molecule has 3 heteroatoms. The van der Waals surface area contributed by atoms with Gasteiger partial charge < -0.3 is 10.8 Å². The molecule has 0 amide bonds. The molecule has 0 heterocycles. The molecule has 0 bridgehead atoms. The first-order valence-corrected chi connectivity index (χ1v) is 1.87. The predicted octanol–water partition coefficient (Wildman–Crippen LogP) is -0.501. The Bertz CT molecular complexity index is 72.1. The van der Waals surface area contributed by atoms with Crippen molar-refractivity contribution in [3.8, 4) is 0 Å². The van der Waals surface area contributed by atoms with Gasteiger partial charge in [0, 0.05) is 0 Å². The maximum Gasteiger partial charge on any atom is 0.320 e. The Kier molecular flexibility index (Phi) is 2.37. The average molecular weight is 101 g/mol. The van der Waals surface area contributed by atoms with Crippen molar-refractivity contribution in [2.45, 2.75) is 12.5 Å². The van der Waals surface area contributed by atoms with Gasteiger partial charge in [-0.2, -0.15) is 0 Å². The molecular formula is C4H7NO2. The average Bonchev–Trinajstić information content (AvgIpc) is 1.65. The van der Waals surface area contributed by atoms with E-state index in [-0.39, 0.29) is 6.42 Å². The molecule has 0 saturated carbocycles. The van der Waals surface area contributed by atoms with Crippen LogP contribution in [0.3, 0.4) is 0 Å². The van der Waals surface area contributed by atoms with Gasteiger partial charge in [0.05, 0.1) is 0 Å². The standard InChI is InChI=1S/C4H7NO2/c1-2-3(5)4(6)7/h1,3H,2,5H2,(H,6,7). The topological polar surface area (TPSA) is 63.3 Å². The molecular weight excluding hydrogens is 94.0 g/mol. The summed E-state index contributed by atoms with van der Waals surface area (Å²) in [5.41, 5.74) is 4.89. The fraction of sp³-hybridized carbons (Fsp3) is 0.500. The van der Waals surface area contributed by atoms with Gasteiger partial charge in [-0.1, -0.05) is 0 Å². The van der Waals surface area contributed by atoms with Gasteiger partial charge in [-0.25, -0.2) is 0 Å². The third kappa shape index (κ3) is 2.17. The molecule has 0 rings (SSSR count). The van der Waals surface area contributed by atoms with Crippen LogP contribution in [0.5, 0.6) is 0 Å². The minimum absolute atomic E-state index is 0.00463. The van der Waals surface area contributed by atoms with Crippen LogP contribution in [0.15, 0.2) is 0 Å². The minimum atomic E-state index is -1.05. The summed E-state index contributed by atoms with van der Waals surface area (Å²) in [6.45, 7) is 4.87. The lowest BCUT2D eigenvalue weighted by Crippen LogP contribution is -2.28. The third-order valence-corrected chi connectivity index (χ3v) is 0.571. The Balaban J connectivity index is 3.34. The van der Waals surface area contributed by atoms with Crippen LogP contribution in [0, 0.1) is 6.92 Å². The van der Waals surface area contributed by atoms with Crippen LogP contribution in [0.2, 0.25) is 0 Å². The van der Waals surface area contributed by atoms with E-state index in [9.17, 15) is 4.79 Å². The van der Waals surface area contributed by atoms with Gasteiger partial charge >= 0.3 is 5.97 Å². The Labute approximate surface area is 42.1 Å². The fourth-order valence-corrected chi connectivity index (χ4v) is 0.101. The highest BCUT2D eigenvalue weighted by Gasteiger charge is 2.05. The lowest BCUT2D eigenvalue weighted by Gasteiger charge is -1.96. The van der Waals surface area contributed by atoms with Crippen LogP contribution in [0.4, 0.5) is 0 Å². The van der Waals surface area contributed by atoms with Crippen LogP contribution >= 0.6 is 0 Å². The second-order valence-corrected chi connectivity index (χ2v) is 1.18. The van der Waals surface area contributed by atoms with Crippen LogP contribution in [0.25, 0.3) is 0 Å². The Hall–Kier alpha value is -0.570. The summed E-state index contributed by atoms with van der Waals surface area (Å²) < 4.78 is 0. The molecule has 1 atom stereocenters. The van der Waals surface area contributed by atoms with E-state index in [0.717, 1.165) is 0 Å². The number of hydrogen-bond acceptors (Lipinski definition) is 2. The lowest BCUT2D eigenvalue weighted by atomic mass is 10.2. The molecule has 0 aliphatic carbocycles. The smallest absolute Gasteiger partial charge is 0.320 e. The summed E-state index contributed by atoms with van der Waals surface area (Å²) in [5.74, 6) is -1.05. The largest absolute Gasteiger partial charge is 0.480 e. The molecule has 0 aromatic heterocycles. The normalized spacial score (nSPS) is 13.4. The molecule has 0 aromatic rings. The second kappa shape index (κ2) is 2.58. The zero-order valence-electron chi connectivity index (χ0n) is 3.79. The molecule has 2 radical (unpaired) electrons. The maximum atomic E-state index is 9.73. The van der Waals surface area contributed by atoms with Gasteiger partial charge in [-0.3, -0.25) is 4.79 Å². The van der Waals surface area contributed by atoms with Crippen molar-refractivity contribution in [3.63, 3.8) is 0 Å². The molecule has 3 N–H and O–H groups in total. The predicted molar refractivity (Wildman–Crippen MR) is 24.5 cm³/mol. The Morgan fingerprint density at radius 1 is 2.00 bits per heavy atom. The van der Waals surface area contributed by atoms with E-state index in [2.05, 4.69) is 0 Å². The second-order valence-electron chi connectivity index (χ2n) is 1.18. The van der Waals surface area contributed by atoms with Crippen molar-refractivity contribution in [1.29, 1.82) is 0 Å². The molecule has 0 aliphatic rings. The van der Waals surface area contributed by atoms with E-state index in [0.29, 0.717) is 0 Å². The fourth-order valence-electron chi connectivity index (χ4n) is 0.101. The molecule has 3 nitrogen and oxygen atoms in total. The van der Waals surface area contributed by atoms with Crippen molar-refractivity contribution in [3.05, 3.63) is 6.92 Å². The van der Waals surface area contributed by atoms with Crippen LogP contribution in [-0.4, -0.2) is 17.1 Å². The van der Waals surface area contributed by atoms with Crippen LogP contribution in [0.1, 0.15) is 6.42 Å². The summed E-state index contributed by atoms with van der Waals surface area (Å²) in [7, 11) is 0. The van der Waals surface area contributed by atoms with Gasteiger partial charge in [0.1, 0.15) is 6.04 Å². The van der Waals surface area contributed by atoms with E-state index in [1.165, 1.54) is 0 Å². The van der Waals surface area contributed by atoms with Crippen LogP contribution in [-0.2, 0) is 4.79 Å². The summed E-state index contributed by atoms with van der Waals surface area (Å²) in [5, 5.41) is 7.98. The van der Waals surface area contributed by atoms with Crippen molar-refractivity contribution in [2.24, 2.45) is 5.73 Å². The monoisotopic (exact) mass is 101 g/mol. The highest BCUT2D eigenvalue weighted by molar-refractivity contribution is 5.73. The van der Waals surface area contributed by atoms with Gasteiger partial charge in [0.15, 0.2) is 0 Å². The molecule has 0 spiro atoms. The number of aliphatic carboxylic acids is 1. The van der Waals surface area contributed by atoms with E-state index in [4.69, 9.17) is 17.8 Å². The molecule has 7 heavy (non-hydrogen) atoms. The number of rotatable bonds is 2. The number of carbonyl (C=O) groups is 1. The van der Waals surface area contributed by atoms with Crippen molar-refractivity contribution >= 4 is 5.97 Å². The first-order chi connectivity index (χ1) is 3.18. The van der Waals surface area contributed by atoms with Gasteiger partial charge in [0.25, 0.3) is 0 Å². The molecule has 0 fully saturated rings. The van der Waals surface area contributed by atoms with Gasteiger partial charge in [-0.15, -0.1) is 0 Å². The molecule has 0 aliphatic heterocycles. The lowest BCUT2D eigenvalue weighted by molar-refractivity contribution is -0.138. The first kappa shape index (κ1) is 6.43. The van der Waals surface area contributed by atoms with Crippen molar-refractivity contribution in [2.75, 3.05) is 0 Å². The maximum absolute atomic E-state index is 9.73. The Morgan fingerprint density at radius 3 is 2.43 bits per heavy atom. The first-order valence-electron chi connectivity index (χ1n) is 1.87. The van der Waals surface area contributed by atoms with Crippen molar-refractivity contribution in [1.82, 2.24) is 0 Å². The number of hydrogen-bond donors (Lipinski definition) is 2. The van der Waals surface area contributed by atoms with E-state index in [1.807, 2.05) is 0 Å². The highest BCUT2D eigenvalue weighted by atomic mass is 16.4. The molecule has 1 unspecified atom stereocenters. The number of carboxylic acids is 1. The summed E-state index contributed by atoms with van der Waals surface area (Å²) >= 11 is 0. The number of carboxylic acid groups (broad SMARTS) is 1. The zero-order valence-corrected chi connectivity index (χ0v) is 3.79. The molecule has 0 aromatic carbocycles. The summed E-state index contributed by atoms with van der Waals surface area (Å²) in [4.78, 5) is 9.73. The van der Waals surface area contributed by atoms with Gasteiger partial charge in [0.2, 0.25) is 0 Å². The minimum Gasteiger partial charge on any atom is -0.480 e. The van der Waals surface area contributed by atoms with E-state index >= 15 is 0 Å². The van der Waals surface area contributed by atoms with Gasteiger partial charge in [-0.05, 0) is 13.3 Å². The SMILES string of the molecule is [CH]CC(N)C(=O)O. The summed E-state index contributed by atoms with van der Waals surface area (Å²) in [6.07, 6.45) is -0.00463. The van der Waals surface area contributed by atoms with E-state index in [1.54, 1.807) is 0 Å². The third-order valence-electron chi connectivity index (χ3n) is 0.571.